The Labute approximate surface area is 140 Å². The summed E-state index contributed by atoms with van der Waals surface area (Å²) in [7, 11) is 0. The first-order valence-corrected chi connectivity index (χ1v) is 7.44. The second kappa shape index (κ2) is 5.17. The van der Waals surface area contributed by atoms with Crippen LogP contribution in [0.5, 0.6) is 5.88 Å². The van der Waals surface area contributed by atoms with Gasteiger partial charge in [0.2, 0.25) is 0 Å². The highest BCUT2D eigenvalue weighted by Crippen LogP contribution is 2.44. The minimum atomic E-state index is -0.513. The highest BCUT2D eigenvalue weighted by Gasteiger charge is 2.22. The van der Waals surface area contributed by atoms with E-state index in [0.29, 0.717) is 27.5 Å². The summed E-state index contributed by atoms with van der Waals surface area (Å²) >= 11 is 0. The molecule has 3 N–H and O–H groups in total. The standard InChI is InChI=1S/C17H12N4O4/c1-8-2-4-13-11(6-8)15(20-23)16(18-13)14-10-7-9(21(24)25)3-5-12(10)19-17(14)22/h2-7,18-19,22H,1H3. The molecule has 25 heavy (non-hydrogen) atoms. The number of nitro benzene ring substituents is 1. The fourth-order valence-corrected chi connectivity index (χ4v) is 3.10. The number of nitroso groups, excluding NO2 is 1. The zero-order chi connectivity index (χ0) is 17.7. The molecule has 8 nitrogen and oxygen atoms in total. The number of rotatable bonds is 3. The topological polar surface area (TPSA) is 124 Å². The smallest absolute Gasteiger partial charge is 0.270 e. The first kappa shape index (κ1) is 14.9. The van der Waals surface area contributed by atoms with E-state index < -0.39 is 4.92 Å². The van der Waals surface area contributed by atoms with E-state index >= 15 is 0 Å². The Morgan fingerprint density at radius 1 is 1.08 bits per heavy atom. The van der Waals surface area contributed by atoms with Gasteiger partial charge >= 0.3 is 0 Å². The summed E-state index contributed by atoms with van der Waals surface area (Å²) < 4.78 is 0. The predicted molar refractivity (Wildman–Crippen MR) is 94.1 cm³/mol. The maximum Gasteiger partial charge on any atom is 0.270 e. The lowest BCUT2D eigenvalue weighted by Gasteiger charge is -1.99. The summed E-state index contributed by atoms with van der Waals surface area (Å²) in [6, 6.07) is 9.73. The maximum absolute atomic E-state index is 11.5. The highest BCUT2D eigenvalue weighted by atomic mass is 16.6. The zero-order valence-corrected chi connectivity index (χ0v) is 13.0. The van der Waals surface area contributed by atoms with Gasteiger partial charge in [-0.3, -0.25) is 10.1 Å². The van der Waals surface area contributed by atoms with Crippen molar-refractivity contribution < 1.29 is 10.0 Å². The monoisotopic (exact) mass is 336 g/mol. The normalized spacial score (nSPS) is 11.2. The van der Waals surface area contributed by atoms with Crippen LogP contribution in [-0.2, 0) is 0 Å². The van der Waals surface area contributed by atoms with Gasteiger partial charge in [0, 0.05) is 33.9 Å². The molecule has 0 aliphatic carbocycles. The second-order valence-corrected chi connectivity index (χ2v) is 5.82. The average Bonchev–Trinajstić information content (AvgIpc) is 3.09. The van der Waals surface area contributed by atoms with Crippen molar-refractivity contribution in [2.45, 2.75) is 6.92 Å². The van der Waals surface area contributed by atoms with Crippen LogP contribution in [0.15, 0.2) is 41.6 Å². The molecule has 0 aliphatic heterocycles. The van der Waals surface area contributed by atoms with Gasteiger partial charge in [-0.1, -0.05) is 11.6 Å². The maximum atomic E-state index is 11.5. The number of nitro groups is 1. The van der Waals surface area contributed by atoms with Gasteiger partial charge in [-0.25, -0.2) is 0 Å². The van der Waals surface area contributed by atoms with E-state index in [1.807, 2.05) is 25.1 Å². The van der Waals surface area contributed by atoms with E-state index in [4.69, 9.17) is 0 Å². The van der Waals surface area contributed by atoms with Crippen molar-refractivity contribution in [2.24, 2.45) is 5.18 Å². The van der Waals surface area contributed by atoms with Crippen LogP contribution in [0, 0.1) is 21.9 Å². The first-order valence-electron chi connectivity index (χ1n) is 7.44. The van der Waals surface area contributed by atoms with Crippen LogP contribution in [0.25, 0.3) is 33.1 Å². The Kier molecular flexibility index (Phi) is 3.08. The molecule has 2 heterocycles. The zero-order valence-electron chi connectivity index (χ0n) is 13.0. The quantitative estimate of drug-likeness (QED) is 0.286. The average molecular weight is 336 g/mol. The molecule has 0 saturated carbocycles. The molecule has 0 fully saturated rings. The summed E-state index contributed by atoms with van der Waals surface area (Å²) in [6.07, 6.45) is 0. The third-order valence-electron chi connectivity index (χ3n) is 4.24. The Bertz CT molecular complexity index is 1170. The number of benzene rings is 2. The number of nitrogens with one attached hydrogen (secondary N) is 2. The van der Waals surface area contributed by atoms with E-state index in [2.05, 4.69) is 15.1 Å². The van der Waals surface area contributed by atoms with Crippen LogP contribution in [0.3, 0.4) is 0 Å². The van der Waals surface area contributed by atoms with Crippen LogP contribution in [0.4, 0.5) is 11.4 Å². The number of hydrogen-bond donors (Lipinski definition) is 3. The van der Waals surface area contributed by atoms with Crippen molar-refractivity contribution in [3.8, 4) is 17.1 Å². The highest BCUT2D eigenvalue weighted by molar-refractivity contribution is 6.07. The van der Waals surface area contributed by atoms with Crippen molar-refractivity contribution in [3.63, 3.8) is 0 Å². The third kappa shape index (κ3) is 2.15. The molecule has 2 aromatic heterocycles. The van der Waals surface area contributed by atoms with E-state index in [1.165, 1.54) is 18.2 Å². The van der Waals surface area contributed by atoms with Crippen LogP contribution < -0.4 is 0 Å². The second-order valence-electron chi connectivity index (χ2n) is 5.82. The molecule has 0 saturated heterocycles. The number of non-ortho nitro benzene ring substituents is 1. The number of nitrogens with zero attached hydrogens (tertiary/aromatic N) is 2. The summed E-state index contributed by atoms with van der Waals surface area (Å²) in [5.74, 6) is -0.191. The molecule has 8 heteroatoms. The van der Waals surface area contributed by atoms with Gasteiger partial charge in [-0.15, -0.1) is 4.91 Å². The van der Waals surface area contributed by atoms with Gasteiger partial charge in [-0.05, 0) is 30.3 Å². The lowest BCUT2D eigenvalue weighted by atomic mass is 10.1. The molecular formula is C17H12N4O4. The van der Waals surface area contributed by atoms with E-state index in [0.717, 1.165) is 5.56 Å². The number of aryl methyl sites for hydroxylation is 1. The molecule has 0 radical (unpaired) electrons. The molecule has 4 aromatic rings. The number of H-pyrrole nitrogens is 2. The number of hydrogen-bond acceptors (Lipinski definition) is 5. The van der Waals surface area contributed by atoms with Crippen molar-refractivity contribution in [1.82, 2.24) is 9.97 Å². The fourth-order valence-electron chi connectivity index (χ4n) is 3.10. The Morgan fingerprint density at radius 2 is 1.80 bits per heavy atom. The van der Waals surface area contributed by atoms with Gasteiger partial charge < -0.3 is 15.1 Å². The van der Waals surface area contributed by atoms with Crippen LogP contribution in [0.2, 0.25) is 0 Å². The summed E-state index contributed by atoms with van der Waals surface area (Å²) in [5, 5.41) is 25.6. The van der Waals surface area contributed by atoms with E-state index in [-0.39, 0.29) is 22.8 Å². The van der Waals surface area contributed by atoms with Gasteiger partial charge in [0.1, 0.15) is 5.69 Å². The number of aromatic amines is 2. The number of aromatic hydroxyl groups is 1. The molecule has 2 aromatic carbocycles. The van der Waals surface area contributed by atoms with E-state index in [1.54, 1.807) is 0 Å². The van der Waals surface area contributed by atoms with Crippen LogP contribution >= 0.6 is 0 Å². The molecule has 0 unspecified atom stereocenters. The Balaban J connectivity index is 2.09. The SMILES string of the molecule is Cc1ccc2[nH]c(-c3c(O)[nH]c4ccc([N+](=O)[O-])cc34)c(N=O)c2c1. The summed E-state index contributed by atoms with van der Waals surface area (Å²) in [4.78, 5) is 27.9. The third-order valence-corrected chi connectivity index (χ3v) is 4.24. The molecule has 124 valence electrons. The van der Waals surface area contributed by atoms with Crippen molar-refractivity contribution in [2.75, 3.05) is 0 Å². The molecule has 0 atom stereocenters. The van der Waals surface area contributed by atoms with E-state index in [9.17, 15) is 20.1 Å². The Morgan fingerprint density at radius 3 is 2.52 bits per heavy atom. The van der Waals surface area contributed by atoms with Crippen molar-refractivity contribution in [1.29, 1.82) is 0 Å². The van der Waals surface area contributed by atoms with Gasteiger partial charge in [0.25, 0.3) is 5.69 Å². The first-order chi connectivity index (χ1) is 12.0. The van der Waals surface area contributed by atoms with Gasteiger partial charge in [0.15, 0.2) is 5.88 Å². The number of aromatic nitrogens is 2. The minimum absolute atomic E-state index is 0.111. The molecule has 0 aliphatic rings. The minimum Gasteiger partial charge on any atom is -0.494 e. The van der Waals surface area contributed by atoms with Crippen molar-refractivity contribution >= 4 is 33.2 Å². The van der Waals surface area contributed by atoms with Crippen LogP contribution in [-0.4, -0.2) is 20.0 Å². The molecule has 0 spiro atoms. The van der Waals surface area contributed by atoms with Gasteiger partial charge in [-0.2, -0.15) is 0 Å². The van der Waals surface area contributed by atoms with Crippen molar-refractivity contribution in [3.05, 3.63) is 57.0 Å². The number of fused-ring (bicyclic) bond motifs is 2. The summed E-state index contributed by atoms with van der Waals surface area (Å²) in [6.45, 7) is 1.90. The molecule has 4 rings (SSSR count). The van der Waals surface area contributed by atoms with Gasteiger partial charge in [0.05, 0.1) is 16.2 Å². The predicted octanol–water partition coefficient (Wildman–Crippen LogP) is 4.64. The lowest BCUT2D eigenvalue weighted by molar-refractivity contribution is -0.384. The fraction of sp³-hybridized carbons (Fsp3) is 0.0588. The molecule has 0 amide bonds. The van der Waals surface area contributed by atoms with Crippen LogP contribution in [0.1, 0.15) is 5.56 Å². The largest absolute Gasteiger partial charge is 0.494 e. The molecule has 0 bridgehead atoms. The summed E-state index contributed by atoms with van der Waals surface area (Å²) in [5.41, 5.74) is 2.81. The lowest BCUT2D eigenvalue weighted by Crippen LogP contribution is -1.87. The molecular weight excluding hydrogens is 324 g/mol. The Hall–Kier alpha value is -3.68.